The van der Waals surface area contributed by atoms with E-state index in [1.807, 2.05) is 38.1 Å². The van der Waals surface area contributed by atoms with Gasteiger partial charge < -0.3 is 9.84 Å². The Balaban J connectivity index is 2.05. The zero-order chi connectivity index (χ0) is 11.5. The van der Waals surface area contributed by atoms with Crippen molar-refractivity contribution in [2.75, 3.05) is 5.32 Å². The number of aryl methyl sites for hydroxylation is 2. The smallest absolute Gasteiger partial charge is 0.138 e. The molecule has 0 saturated carbocycles. The number of benzene rings is 1. The fourth-order valence-electron chi connectivity index (χ4n) is 1.51. The van der Waals surface area contributed by atoms with Gasteiger partial charge in [0.05, 0.1) is 5.69 Å². The van der Waals surface area contributed by atoms with E-state index < -0.39 is 0 Å². The molecule has 0 spiro atoms. The topological polar surface area (TPSA) is 38.1 Å². The first-order chi connectivity index (χ1) is 7.66. The van der Waals surface area contributed by atoms with E-state index in [0.717, 1.165) is 33.7 Å². The predicted molar refractivity (Wildman–Crippen MR) is 67.4 cm³/mol. The lowest BCUT2D eigenvalue weighted by atomic mass is 10.2. The largest absolute Gasteiger partial charge is 0.381 e. The highest BCUT2D eigenvalue weighted by atomic mass is 79.9. The maximum atomic E-state index is 5.11. The van der Waals surface area contributed by atoms with Crippen LogP contribution in [0.2, 0.25) is 0 Å². The molecule has 0 aliphatic rings. The molecule has 0 aliphatic carbocycles. The van der Waals surface area contributed by atoms with Crippen LogP contribution in [0.3, 0.4) is 0 Å². The molecular weight excluding hydrogens is 268 g/mol. The number of nitrogens with one attached hydrogen (secondary N) is 1. The first-order valence-corrected chi connectivity index (χ1v) is 5.87. The van der Waals surface area contributed by atoms with Gasteiger partial charge in [-0.25, -0.2) is 0 Å². The molecule has 0 fully saturated rings. The minimum absolute atomic E-state index is 0.739. The van der Waals surface area contributed by atoms with Gasteiger partial charge in [-0.2, -0.15) is 0 Å². The van der Waals surface area contributed by atoms with E-state index in [4.69, 9.17) is 4.52 Å². The zero-order valence-electron chi connectivity index (χ0n) is 9.25. The van der Waals surface area contributed by atoms with E-state index >= 15 is 0 Å². The van der Waals surface area contributed by atoms with Crippen LogP contribution in [0.1, 0.15) is 17.0 Å². The summed E-state index contributed by atoms with van der Waals surface area (Å²) < 4.78 is 6.18. The van der Waals surface area contributed by atoms with Crippen molar-refractivity contribution in [1.82, 2.24) is 5.16 Å². The quantitative estimate of drug-likeness (QED) is 0.932. The number of hydrogen-bond donors (Lipinski definition) is 1. The van der Waals surface area contributed by atoms with Crippen LogP contribution in [0.4, 0.5) is 5.69 Å². The Kier molecular flexibility index (Phi) is 3.29. The van der Waals surface area contributed by atoms with Gasteiger partial charge in [0.1, 0.15) is 5.76 Å². The lowest BCUT2D eigenvalue weighted by Crippen LogP contribution is -2.00. The monoisotopic (exact) mass is 280 g/mol. The van der Waals surface area contributed by atoms with Crippen LogP contribution in [0.25, 0.3) is 0 Å². The number of aromatic nitrogens is 1. The summed E-state index contributed by atoms with van der Waals surface area (Å²) in [7, 11) is 0. The van der Waals surface area contributed by atoms with Crippen molar-refractivity contribution in [2.24, 2.45) is 0 Å². The van der Waals surface area contributed by atoms with Crippen LogP contribution in [-0.2, 0) is 6.54 Å². The Morgan fingerprint density at radius 1 is 1.25 bits per heavy atom. The van der Waals surface area contributed by atoms with Gasteiger partial charge in [-0.05, 0) is 38.1 Å². The number of rotatable bonds is 3. The molecule has 0 unspecified atom stereocenters. The molecule has 1 N–H and O–H groups in total. The van der Waals surface area contributed by atoms with Crippen LogP contribution in [0.5, 0.6) is 0 Å². The summed E-state index contributed by atoms with van der Waals surface area (Å²) in [5, 5.41) is 7.26. The molecule has 2 rings (SSSR count). The number of halogens is 1. The minimum atomic E-state index is 0.739. The number of nitrogens with zero attached hydrogens (tertiary/aromatic N) is 1. The Morgan fingerprint density at radius 3 is 2.50 bits per heavy atom. The van der Waals surface area contributed by atoms with Gasteiger partial charge in [0.15, 0.2) is 0 Å². The van der Waals surface area contributed by atoms with Crippen molar-refractivity contribution in [3.63, 3.8) is 0 Å². The van der Waals surface area contributed by atoms with E-state index in [1.54, 1.807) is 0 Å². The minimum Gasteiger partial charge on any atom is -0.381 e. The van der Waals surface area contributed by atoms with Gasteiger partial charge >= 0.3 is 0 Å². The molecule has 1 heterocycles. The SMILES string of the molecule is Cc1noc(C)c1CNc1ccc(Br)cc1. The van der Waals surface area contributed by atoms with Crippen molar-refractivity contribution < 1.29 is 4.52 Å². The third-order valence-corrected chi connectivity index (χ3v) is 3.02. The summed E-state index contributed by atoms with van der Waals surface area (Å²) in [5.41, 5.74) is 3.16. The van der Waals surface area contributed by atoms with Gasteiger partial charge in [-0.15, -0.1) is 0 Å². The summed E-state index contributed by atoms with van der Waals surface area (Å²) >= 11 is 3.41. The second kappa shape index (κ2) is 4.70. The van der Waals surface area contributed by atoms with E-state index in [1.165, 1.54) is 0 Å². The molecule has 0 radical (unpaired) electrons. The second-order valence-corrected chi connectivity index (χ2v) is 4.58. The van der Waals surface area contributed by atoms with Gasteiger partial charge in [0, 0.05) is 22.3 Å². The normalized spacial score (nSPS) is 10.4. The molecule has 3 nitrogen and oxygen atoms in total. The van der Waals surface area contributed by atoms with Crippen molar-refractivity contribution in [1.29, 1.82) is 0 Å². The second-order valence-electron chi connectivity index (χ2n) is 3.66. The Bertz CT molecular complexity index is 457. The van der Waals surface area contributed by atoms with Crippen molar-refractivity contribution in [3.8, 4) is 0 Å². The fourth-order valence-corrected chi connectivity index (χ4v) is 1.78. The molecule has 0 aliphatic heterocycles. The number of anilines is 1. The maximum Gasteiger partial charge on any atom is 0.138 e. The highest BCUT2D eigenvalue weighted by Gasteiger charge is 2.07. The Labute approximate surface area is 103 Å². The molecule has 1 aromatic carbocycles. The van der Waals surface area contributed by atoms with Crippen molar-refractivity contribution >= 4 is 21.6 Å². The standard InChI is InChI=1S/C12H13BrN2O/c1-8-12(9(2)16-15-8)7-14-11-5-3-10(13)4-6-11/h3-6,14H,7H2,1-2H3. The van der Waals surface area contributed by atoms with Gasteiger partial charge in [-0.3, -0.25) is 0 Å². The lowest BCUT2D eigenvalue weighted by molar-refractivity contribution is 0.392. The molecule has 0 bridgehead atoms. The number of hydrogen-bond acceptors (Lipinski definition) is 3. The molecular formula is C12H13BrN2O. The van der Waals surface area contributed by atoms with Crippen LogP contribution < -0.4 is 5.32 Å². The van der Waals surface area contributed by atoms with Crippen LogP contribution >= 0.6 is 15.9 Å². The fraction of sp³-hybridized carbons (Fsp3) is 0.250. The third kappa shape index (κ3) is 2.44. The first kappa shape index (κ1) is 11.2. The summed E-state index contributed by atoms with van der Waals surface area (Å²) in [4.78, 5) is 0. The summed E-state index contributed by atoms with van der Waals surface area (Å²) in [5.74, 6) is 0.877. The molecule has 16 heavy (non-hydrogen) atoms. The van der Waals surface area contributed by atoms with E-state index in [0.29, 0.717) is 0 Å². The Morgan fingerprint density at radius 2 is 1.94 bits per heavy atom. The molecule has 1 aromatic heterocycles. The van der Waals surface area contributed by atoms with Gasteiger partial charge in [0.25, 0.3) is 0 Å². The van der Waals surface area contributed by atoms with E-state index in [2.05, 4.69) is 26.4 Å². The average molecular weight is 281 g/mol. The van der Waals surface area contributed by atoms with Crippen LogP contribution in [-0.4, -0.2) is 5.16 Å². The molecule has 0 saturated heterocycles. The lowest BCUT2D eigenvalue weighted by Gasteiger charge is -2.05. The first-order valence-electron chi connectivity index (χ1n) is 5.08. The molecule has 0 amide bonds. The summed E-state index contributed by atoms with van der Waals surface area (Å²) in [6.07, 6.45) is 0. The molecule has 2 aromatic rings. The van der Waals surface area contributed by atoms with Gasteiger partial charge in [0.2, 0.25) is 0 Å². The summed E-state index contributed by atoms with van der Waals surface area (Å²) in [6, 6.07) is 8.08. The molecule has 0 atom stereocenters. The highest BCUT2D eigenvalue weighted by molar-refractivity contribution is 9.10. The van der Waals surface area contributed by atoms with E-state index in [-0.39, 0.29) is 0 Å². The Hall–Kier alpha value is -1.29. The van der Waals surface area contributed by atoms with E-state index in [9.17, 15) is 0 Å². The van der Waals surface area contributed by atoms with Crippen molar-refractivity contribution in [2.45, 2.75) is 20.4 Å². The van der Waals surface area contributed by atoms with Gasteiger partial charge in [-0.1, -0.05) is 21.1 Å². The van der Waals surface area contributed by atoms with Crippen molar-refractivity contribution in [3.05, 3.63) is 45.8 Å². The maximum absolute atomic E-state index is 5.11. The predicted octanol–water partition coefficient (Wildman–Crippen LogP) is 3.67. The molecule has 4 heteroatoms. The zero-order valence-corrected chi connectivity index (χ0v) is 10.8. The summed E-state index contributed by atoms with van der Waals surface area (Å²) in [6.45, 7) is 4.62. The third-order valence-electron chi connectivity index (χ3n) is 2.49. The van der Waals surface area contributed by atoms with Crippen LogP contribution in [0, 0.1) is 13.8 Å². The molecule has 84 valence electrons. The average Bonchev–Trinajstić information content (AvgIpc) is 2.59. The van der Waals surface area contributed by atoms with Crippen LogP contribution in [0.15, 0.2) is 33.3 Å². The highest BCUT2D eigenvalue weighted by Crippen LogP contribution is 2.17.